The lowest BCUT2D eigenvalue weighted by molar-refractivity contribution is -0.158. The Morgan fingerprint density at radius 2 is 1.32 bits per heavy atom. The largest absolute Gasteiger partial charge is 0.458 e. The van der Waals surface area contributed by atoms with Gasteiger partial charge in [-0.15, -0.1) is 0 Å². The Morgan fingerprint density at radius 1 is 0.895 bits per heavy atom. The first-order valence-electron chi connectivity index (χ1n) is 6.54. The summed E-state index contributed by atoms with van der Waals surface area (Å²) in [5, 5.41) is 2.56. The van der Waals surface area contributed by atoms with Crippen LogP contribution in [0.3, 0.4) is 0 Å². The van der Waals surface area contributed by atoms with Crippen LogP contribution in [0.5, 0.6) is 0 Å². The third-order valence-electron chi connectivity index (χ3n) is 2.00. The van der Waals surface area contributed by atoms with Crippen molar-refractivity contribution in [1.29, 1.82) is 0 Å². The van der Waals surface area contributed by atoms with Crippen molar-refractivity contribution in [2.75, 3.05) is 0 Å². The fourth-order valence-electron chi connectivity index (χ4n) is 1.30. The van der Waals surface area contributed by atoms with Crippen molar-refractivity contribution in [3.63, 3.8) is 0 Å². The highest BCUT2D eigenvalue weighted by molar-refractivity contribution is 5.82. The van der Waals surface area contributed by atoms with Gasteiger partial charge in [-0.2, -0.15) is 0 Å². The average Bonchev–Trinajstić information content (AvgIpc) is 2.07. The number of alkyl carbamates (subject to hydrolysis) is 1. The van der Waals surface area contributed by atoms with Crippen LogP contribution in [-0.4, -0.2) is 29.3 Å². The Hall–Kier alpha value is -1.26. The highest BCUT2D eigenvalue weighted by atomic mass is 16.6. The summed E-state index contributed by atoms with van der Waals surface area (Å²) >= 11 is 0. The van der Waals surface area contributed by atoms with E-state index in [1.807, 2.05) is 13.8 Å². The summed E-state index contributed by atoms with van der Waals surface area (Å²) in [4.78, 5) is 23.7. The van der Waals surface area contributed by atoms with Crippen LogP contribution in [0.4, 0.5) is 4.79 Å². The van der Waals surface area contributed by atoms with Gasteiger partial charge < -0.3 is 14.8 Å². The molecular formula is C14H27NO4. The zero-order valence-electron chi connectivity index (χ0n) is 13.3. The fourth-order valence-corrected chi connectivity index (χ4v) is 1.30. The highest BCUT2D eigenvalue weighted by Gasteiger charge is 2.30. The first kappa shape index (κ1) is 17.7. The first-order chi connectivity index (χ1) is 8.32. The number of amides is 1. The van der Waals surface area contributed by atoms with E-state index < -0.39 is 29.3 Å². The van der Waals surface area contributed by atoms with E-state index in [1.54, 1.807) is 41.5 Å². The van der Waals surface area contributed by atoms with Crippen molar-refractivity contribution in [2.45, 2.75) is 72.6 Å². The van der Waals surface area contributed by atoms with Crippen molar-refractivity contribution in [3.05, 3.63) is 0 Å². The van der Waals surface area contributed by atoms with E-state index >= 15 is 0 Å². The molecule has 19 heavy (non-hydrogen) atoms. The van der Waals surface area contributed by atoms with Crippen LogP contribution >= 0.6 is 0 Å². The lowest BCUT2D eigenvalue weighted by atomic mass is 10.0. The molecule has 0 spiro atoms. The van der Waals surface area contributed by atoms with Crippen LogP contribution in [0.15, 0.2) is 0 Å². The Kier molecular flexibility index (Phi) is 5.84. The normalized spacial score (nSPS) is 13.9. The highest BCUT2D eigenvalue weighted by Crippen LogP contribution is 2.13. The maximum absolute atomic E-state index is 12.0. The van der Waals surface area contributed by atoms with Gasteiger partial charge in [-0.1, -0.05) is 13.8 Å². The Balaban J connectivity index is 4.67. The minimum Gasteiger partial charge on any atom is -0.458 e. The molecule has 1 unspecified atom stereocenters. The Labute approximate surface area is 116 Å². The van der Waals surface area contributed by atoms with E-state index in [9.17, 15) is 9.59 Å². The number of rotatable bonds is 3. The molecule has 0 saturated heterocycles. The number of carbonyl (C=O) groups excluding carboxylic acids is 2. The average molecular weight is 273 g/mol. The van der Waals surface area contributed by atoms with Gasteiger partial charge in [0.05, 0.1) is 0 Å². The molecule has 0 aromatic rings. The number of hydrogen-bond donors (Lipinski definition) is 1. The molecule has 0 rings (SSSR count). The minimum atomic E-state index is -0.714. The van der Waals surface area contributed by atoms with Crippen LogP contribution < -0.4 is 5.32 Å². The van der Waals surface area contributed by atoms with Crippen LogP contribution in [-0.2, 0) is 14.3 Å². The molecule has 5 nitrogen and oxygen atoms in total. The van der Waals surface area contributed by atoms with Gasteiger partial charge in [0.25, 0.3) is 0 Å². The predicted molar refractivity (Wildman–Crippen MR) is 73.8 cm³/mol. The number of esters is 1. The topological polar surface area (TPSA) is 64.6 Å². The smallest absolute Gasteiger partial charge is 0.408 e. The van der Waals surface area contributed by atoms with E-state index in [4.69, 9.17) is 9.47 Å². The predicted octanol–water partition coefficient (Wildman–Crippen LogP) is 2.88. The SMILES string of the molecule is CC(C)C(NC(=O)OC(C)(C)C)C(=O)OC(C)(C)C. The van der Waals surface area contributed by atoms with E-state index in [-0.39, 0.29) is 5.92 Å². The van der Waals surface area contributed by atoms with Gasteiger partial charge in [-0.25, -0.2) is 9.59 Å². The van der Waals surface area contributed by atoms with Crippen LogP contribution in [0.2, 0.25) is 0 Å². The fraction of sp³-hybridized carbons (Fsp3) is 0.857. The van der Waals surface area contributed by atoms with Gasteiger partial charge in [-0.3, -0.25) is 0 Å². The first-order valence-corrected chi connectivity index (χ1v) is 6.54. The number of ether oxygens (including phenoxy) is 2. The quantitative estimate of drug-likeness (QED) is 0.803. The molecule has 0 heterocycles. The van der Waals surface area contributed by atoms with Crippen molar-refractivity contribution in [1.82, 2.24) is 5.32 Å². The summed E-state index contributed by atoms with van der Waals surface area (Å²) in [6, 6.07) is -0.714. The molecule has 0 aromatic heterocycles. The zero-order chi connectivity index (χ0) is 15.4. The molecule has 1 atom stereocenters. The Bertz CT molecular complexity index is 323. The molecular weight excluding hydrogens is 246 g/mol. The molecule has 112 valence electrons. The molecule has 1 amide bonds. The second-order valence-corrected chi connectivity index (χ2v) is 6.90. The van der Waals surface area contributed by atoms with Crippen molar-refractivity contribution >= 4 is 12.1 Å². The number of carbonyl (C=O) groups is 2. The summed E-state index contributed by atoms with van der Waals surface area (Å²) < 4.78 is 10.4. The summed E-state index contributed by atoms with van der Waals surface area (Å²) in [7, 11) is 0. The second kappa shape index (κ2) is 6.26. The van der Waals surface area contributed by atoms with Gasteiger partial charge in [0, 0.05) is 0 Å². The van der Waals surface area contributed by atoms with E-state index in [1.165, 1.54) is 0 Å². The molecule has 0 aliphatic heterocycles. The third kappa shape index (κ3) is 8.46. The van der Waals surface area contributed by atoms with Gasteiger partial charge in [0.15, 0.2) is 0 Å². The molecule has 0 fully saturated rings. The maximum Gasteiger partial charge on any atom is 0.408 e. The molecule has 0 aliphatic rings. The van der Waals surface area contributed by atoms with Crippen LogP contribution in [0.1, 0.15) is 55.4 Å². The molecule has 0 aliphatic carbocycles. The molecule has 0 aromatic carbocycles. The van der Waals surface area contributed by atoms with Crippen molar-refractivity contribution < 1.29 is 19.1 Å². The molecule has 0 saturated carbocycles. The van der Waals surface area contributed by atoms with E-state index in [0.717, 1.165) is 0 Å². The second-order valence-electron chi connectivity index (χ2n) is 6.90. The molecule has 0 radical (unpaired) electrons. The van der Waals surface area contributed by atoms with Gasteiger partial charge in [0.2, 0.25) is 0 Å². The van der Waals surface area contributed by atoms with E-state index in [2.05, 4.69) is 5.32 Å². The van der Waals surface area contributed by atoms with Crippen LogP contribution in [0.25, 0.3) is 0 Å². The van der Waals surface area contributed by atoms with Crippen molar-refractivity contribution in [3.8, 4) is 0 Å². The number of hydrogen-bond acceptors (Lipinski definition) is 4. The van der Waals surface area contributed by atoms with Crippen molar-refractivity contribution in [2.24, 2.45) is 5.92 Å². The zero-order valence-corrected chi connectivity index (χ0v) is 13.3. The van der Waals surface area contributed by atoms with Gasteiger partial charge in [0.1, 0.15) is 17.2 Å². The summed E-state index contributed by atoms with van der Waals surface area (Å²) in [5.74, 6) is -0.532. The lowest BCUT2D eigenvalue weighted by Crippen LogP contribution is -2.48. The van der Waals surface area contributed by atoms with Gasteiger partial charge in [-0.05, 0) is 47.5 Å². The third-order valence-corrected chi connectivity index (χ3v) is 2.00. The van der Waals surface area contributed by atoms with E-state index in [0.29, 0.717) is 0 Å². The summed E-state index contributed by atoms with van der Waals surface area (Å²) in [6.45, 7) is 14.3. The minimum absolute atomic E-state index is 0.0811. The molecule has 5 heteroatoms. The lowest BCUT2D eigenvalue weighted by Gasteiger charge is -2.27. The monoisotopic (exact) mass is 273 g/mol. The van der Waals surface area contributed by atoms with Gasteiger partial charge >= 0.3 is 12.1 Å². The maximum atomic E-state index is 12.0. The summed E-state index contributed by atoms with van der Waals surface area (Å²) in [6.07, 6.45) is -0.614. The molecule has 0 bridgehead atoms. The summed E-state index contributed by atoms with van der Waals surface area (Å²) in [5.41, 5.74) is -1.18. The number of nitrogens with one attached hydrogen (secondary N) is 1. The standard InChI is InChI=1S/C14H27NO4/c1-9(2)10(11(16)18-13(3,4)5)15-12(17)19-14(6,7)8/h9-10H,1-8H3,(H,15,17). The Morgan fingerprint density at radius 3 is 1.63 bits per heavy atom. The van der Waals surface area contributed by atoms with Crippen LogP contribution in [0, 0.1) is 5.92 Å². The molecule has 1 N–H and O–H groups in total.